The van der Waals surface area contributed by atoms with Crippen LogP contribution in [0.25, 0.3) is 55.0 Å². The summed E-state index contributed by atoms with van der Waals surface area (Å²) in [5, 5.41) is 9.42. The number of hydrogen-bond acceptors (Lipinski definition) is 2. The van der Waals surface area contributed by atoms with Gasteiger partial charge in [-0.15, -0.1) is 0 Å². The highest BCUT2D eigenvalue weighted by molar-refractivity contribution is 7.88. The minimum Gasteiger partial charge on any atom is -0.313 e. The minimum absolute atomic E-state index is 0.173. The molecule has 1 N–H and O–H groups in total. The Balaban J connectivity index is 1.14. The Morgan fingerprint density at radius 1 is 0.656 bits per heavy atom. The Morgan fingerprint density at radius 3 is 1.84 bits per heavy atom. The van der Waals surface area contributed by atoms with Crippen molar-refractivity contribution in [3.8, 4) is 5.69 Å². The first-order valence-corrected chi connectivity index (χ1v) is 24.6. The van der Waals surface area contributed by atoms with Crippen LogP contribution in [-0.2, 0) is 4.57 Å². The Morgan fingerprint density at radius 2 is 1.23 bits per heavy atom. The topological polar surface area (TPSA) is 47.2 Å². The fourth-order valence-electron chi connectivity index (χ4n) is 9.52. The van der Waals surface area contributed by atoms with E-state index < -0.39 is 14.6 Å². The van der Waals surface area contributed by atoms with Gasteiger partial charge in [-0.2, -0.15) is 0 Å². The van der Waals surface area contributed by atoms with Crippen LogP contribution in [0.5, 0.6) is 0 Å². The van der Waals surface area contributed by atoms with Crippen LogP contribution in [0, 0.1) is 0 Å². The third kappa shape index (κ3) is 6.33. The molecule has 10 rings (SSSR count). The average Bonchev–Trinajstić information content (AvgIpc) is 3.85. The molecule has 2 heterocycles. The molecule has 0 amide bonds. The summed E-state index contributed by atoms with van der Waals surface area (Å²) in [6.45, 7) is 4.13. The Hall–Kier alpha value is -6.28. The second-order valence-corrected chi connectivity index (χ2v) is 21.6. The second-order valence-electron chi connectivity index (χ2n) is 15.7. The summed E-state index contributed by atoms with van der Waals surface area (Å²) >= 11 is 0. The molecule has 0 fully saturated rings. The van der Waals surface area contributed by atoms with Gasteiger partial charge in [0.25, 0.3) is 0 Å². The summed E-state index contributed by atoms with van der Waals surface area (Å²) in [7, 11) is -5.87. The molecule has 6 heteroatoms. The van der Waals surface area contributed by atoms with E-state index in [1.165, 1.54) is 21.5 Å². The lowest BCUT2D eigenvalue weighted by Gasteiger charge is -2.28. The molecule has 0 aliphatic heterocycles. The number of rotatable bonds is 10. The van der Waals surface area contributed by atoms with Gasteiger partial charge < -0.3 is 13.7 Å². The van der Waals surface area contributed by atoms with E-state index in [-0.39, 0.29) is 5.66 Å². The quantitative estimate of drug-likeness (QED) is 0.110. The Bertz CT molecular complexity index is 3210. The zero-order chi connectivity index (χ0) is 41.6. The summed E-state index contributed by atoms with van der Waals surface area (Å²) in [6, 6.07) is 60.6. The van der Waals surface area contributed by atoms with Crippen molar-refractivity contribution in [2.75, 3.05) is 0 Å². The van der Waals surface area contributed by atoms with Crippen LogP contribution in [0.1, 0.15) is 26.7 Å². The number of para-hydroxylation sites is 2. The van der Waals surface area contributed by atoms with Crippen molar-refractivity contribution in [1.29, 1.82) is 0 Å². The Labute approximate surface area is 357 Å². The molecule has 0 saturated carbocycles. The number of hydrogen-bond donors (Lipinski definition) is 1. The fraction of sp³-hybridized carbons (Fsp3) is 0.0909. The van der Waals surface area contributed by atoms with Gasteiger partial charge in [-0.3, -0.25) is 0 Å². The standard InChI is InChI=1S/C55H47N2O2P2/c1-3-5-19-42(4-2)60(58,43-20-9-6-10-21-43)46-34-30-40(31-35-46)56-52-29-18-16-27-50(52)54-53(56)39-38-49-48-26-15-17-28-51(48)57(55(49)54)41-32-36-47(37-33-41)61(59,44-22-11-7-12-23-44)45-24-13-8-14-25-45/h3,5-36,38-39,47,58H,4,37H2,1-2H3/q+1/b5-3-,42-19+. The summed E-state index contributed by atoms with van der Waals surface area (Å²) < 4.78 is 20.2. The van der Waals surface area contributed by atoms with Crippen molar-refractivity contribution >= 4 is 85.2 Å². The molecule has 7 aromatic carbocycles. The van der Waals surface area contributed by atoms with Gasteiger partial charge in [0.05, 0.1) is 22.1 Å². The first-order valence-electron chi connectivity index (χ1n) is 21.1. The number of allylic oxidation sites excluding steroid dienone is 8. The SMILES string of the molecule is C/C=C\C=C(/CC)[P+](O)(c1ccccc1)c1ccc(-n2c3ccccc3c3c4c(ccc32)c2ccccc2n4C2=CCC(P(=O)(c3ccccc3)c3ccccc3)C=C2)cc1. The van der Waals surface area contributed by atoms with E-state index in [1.54, 1.807) is 0 Å². The smallest absolute Gasteiger partial charge is 0.234 e. The summed E-state index contributed by atoms with van der Waals surface area (Å²) in [6.07, 6.45) is 14.2. The normalized spacial score (nSPS) is 15.9. The lowest BCUT2D eigenvalue weighted by molar-refractivity contribution is 0.582. The third-order valence-corrected chi connectivity index (χ3v) is 19.2. The molecule has 1 aliphatic carbocycles. The van der Waals surface area contributed by atoms with Crippen molar-refractivity contribution in [2.45, 2.75) is 32.3 Å². The molecule has 2 atom stereocenters. The van der Waals surface area contributed by atoms with Crippen LogP contribution >= 0.6 is 14.6 Å². The molecule has 4 nitrogen and oxygen atoms in total. The summed E-state index contributed by atoms with van der Waals surface area (Å²) in [4.78, 5) is 12.8. The molecule has 298 valence electrons. The molecule has 9 aromatic rings. The van der Waals surface area contributed by atoms with Crippen molar-refractivity contribution in [2.24, 2.45) is 0 Å². The number of fused-ring (bicyclic) bond motifs is 7. The van der Waals surface area contributed by atoms with E-state index in [0.29, 0.717) is 6.42 Å². The molecular weight excluding hydrogens is 783 g/mol. The second kappa shape index (κ2) is 16.0. The third-order valence-electron chi connectivity index (χ3n) is 12.4. The molecule has 0 spiro atoms. The van der Waals surface area contributed by atoms with Gasteiger partial charge in [0.1, 0.15) is 23.1 Å². The molecule has 0 bridgehead atoms. The molecule has 0 radical (unpaired) electrons. The highest BCUT2D eigenvalue weighted by Crippen LogP contribution is 2.61. The van der Waals surface area contributed by atoms with Crippen LogP contribution in [0.3, 0.4) is 0 Å². The number of benzene rings is 7. The first-order chi connectivity index (χ1) is 30.0. The maximum atomic E-state index is 15.4. The van der Waals surface area contributed by atoms with E-state index >= 15 is 4.57 Å². The van der Waals surface area contributed by atoms with Gasteiger partial charge in [0, 0.05) is 55.6 Å². The molecule has 1 aliphatic rings. The van der Waals surface area contributed by atoms with E-state index in [0.717, 1.165) is 66.4 Å². The fourth-order valence-corrected chi connectivity index (χ4v) is 15.5. The molecule has 61 heavy (non-hydrogen) atoms. The average molecular weight is 830 g/mol. The van der Waals surface area contributed by atoms with Gasteiger partial charge in [-0.05, 0) is 80.1 Å². The predicted molar refractivity (Wildman–Crippen MR) is 263 cm³/mol. The highest BCUT2D eigenvalue weighted by Gasteiger charge is 2.45. The monoisotopic (exact) mass is 829 g/mol. The highest BCUT2D eigenvalue weighted by atomic mass is 31.2. The van der Waals surface area contributed by atoms with E-state index in [9.17, 15) is 4.89 Å². The number of nitrogens with zero attached hydrogens (tertiary/aromatic N) is 2. The first kappa shape index (κ1) is 38.9. The molecule has 2 unspecified atom stereocenters. The van der Waals surface area contributed by atoms with Crippen molar-refractivity contribution in [1.82, 2.24) is 9.13 Å². The van der Waals surface area contributed by atoms with Gasteiger partial charge in [0.2, 0.25) is 7.49 Å². The number of aromatic nitrogens is 2. The van der Waals surface area contributed by atoms with Crippen LogP contribution < -0.4 is 21.2 Å². The van der Waals surface area contributed by atoms with E-state index in [1.807, 2.05) is 97.9 Å². The summed E-state index contributed by atoms with van der Waals surface area (Å²) in [5.41, 5.74) is 6.45. The minimum atomic E-state index is -3.01. The van der Waals surface area contributed by atoms with Crippen molar-refractivity contribution < 1.29 is 9.46 Å². The lowest BCUT2D eigenvalue weighted by Crippen LogP contribution is -2.25. The van der Waals surface area contributed by atoms with Crippen molar-refractivity contribution in [3.05, 3.63) is 218 Å². The van der Waals surface area contributed by atoms with Crippen LogP contribution in [0.15, 0.2) is 218 Å². The van der Waals surface area contributed by atoms with Crippen LogP contribution in [0.4, 0.5) is 0 Å². The van der Waals surface area contributed by atoms with E-state index in [2.05, 4.69) is 137 Å². The lowest BCUT2D eigenvalue weighted by atomic mass is 10.1. The molecule has 0 saturated heterocycles. The van der Waals surface area contributed by atoms with Crippen LogP contribution in [0.2, 0.25) is 0 Å². The maximum absolute atomic E-state index is 15.4. The predicted octanol–water partition coefficient (Wildman–Crippen LogP) is 12.8. The van der Waals surface area contributed by atoms with Gasteiger partial charge >= 0.3 is 0 Å². The molecular formula is C55H47N2O2P2+. The zero-order valence-corrected chi connectivity index (χ0v) is 36.1. The zero-order valence-electron chi connectivity index (χ0n) is 34.3. The molecule has 2 aromatic heterocycles. The van der Waals surface area contributed by atoms with Crippen LogP contribution in [-0.4, -0.2) is 19.7 Å². The van der Waals surface area contributed by atoms with Crippen molar-refractivity contribution in [3.63, 3.8) is 0 Å². The van der Waals surface area contributed by atoms with Gasteiger partial charge in [-0.1, -0.05) is 153 Å². The van der Waals surface area contributed by atoms with Gasteiger partial charge in [-0.25, -0.2) is 4.89 Å². The Kier molecular flexibility index (Phi) is 10.2. The van der Waals surface area contributed by atoms with E-state index in [4.69, 9.17) is 0 Å². The largest absolute Gasteiger partial charge is 0.313 e. The summed E-state index contributed by atoms with van der Waals surface area (Å²) in [5.74, 6) is 0. The maximum Gasteiger partial charge on any atom is 0.234 e. The van der Waals surface area contributed by atoms with Gasteiger partial charge in [0.15, 0.2) is 0 Å².